The van der Waals surface area contributed by atoms with Crippen LogP contribution < -0.4 is 11.3 Å². The van der Waals surface area contributed by atoms with Crippen LogP contribution in [0.5, 0.6) is 0 Å². The fraction of sp³-hybridized carbons (Fsp3) is 0.308. The van der Waals surface area contributed by atoms with Crippen molar-refractivity contribution in [2.75, 3.05) is 5.43 Å². The van der Waals surface area contributed by atoms with Gasteiger partial charge in [0.2, 0.25) is 0 Å². The van der Waals surface area contributed by atoms with Gasteiger partial charge >= 0.3 is 0 Å². The summed E-state index contributed by atoms with van der Waals surface area (Å²) in [5.41, 5.74) is 4.34. The van der Waals surface area contributed by atoms with Crippen molar-refractivity contribution < 1.29 is 8.78 Å². The molecule has 2 aromatic rings. The maximum absolute atomic E-state index is 13.9. The number of aromatic nitrogens is 1. The second kappa shape index (κ2) is 4.49. The SMILES string of the molecule is Cc1nc2c(F)ccc(F)c2c(NN)c1C(C)C. The molecule has 0 aliphatic heterocycles. The van der Waals surface area contributed by atoms with E-state index in [4.69, 9.17) is 5.84 Å². The van der Waals surface area contributed by atoms with E-state index >= 15 is 0 Å². The average molecular weight is 251 g/mol. The van der Waals surface area contributed by atoms with Gasteiger partial charge < -0.3 is 5.43 Å². The number of nitrogens with zero attached hydrogens (tertiary/aromatic N) is 1. The van der Waals surface area contributed by atoms with Crippen molar-refractivity contribution in [2.45, 2.75) is 26.7 Å². The van der Waals surface area contributed by atoms with Crippen LogP contribution >= 0.6 is 0 Å². The van der Waals surface area contributed by atoms with Crippen LogP contribution in [0.2, 0.25) is 0 Å². The summed E-state index contributed by atoms with van der Waals surface area (Å²) in [6.45, 7) is 5.67. The normalized spacial score (nSPS) is 11.3. The lowest BCUT2D eigenvalue weighted by Gasteiger charge is -2.18. The Morgan fingerprint density at radius 1 is 1.22 bits per heavy atom. The predicted molar refractivity (Wildman–Crippen MR) is 68.3 cm³/mol. The van der Waals surface area contributed by atoms with Gasteiger partial charge in [-0.1, -0.05) is 13.8 Å². The number of halogens is 2. The third-order valence-electron chi connectivity index (χ3n) is 2.99. The molecule has 18 heavy (non-hydrogen) atoms. The summed E-state index contributed by atoms with van der Waals surface area (Å²) < 4.78 is 27.6. The van der Waals surface area contributed by atoms with Crippen molar-refractivity contribution in [3.8, 4) is 0 Å². The number of benzene rings is 1. The highest BCUT2D eigenvalue weighted by molar-refractivity contribution is 5.94. The zero-order chi connectivity index (χ0) is 13.4. The molecule has 96 valence electrons. The summed E-state index contributed by atoms with van der Waals surface area (Å²) in [6, 6.07) is 2.15. The second-order valence-electron chi connectivity index (χ2n) is 4.54. The summed E-state index contributed by atoms with van der Waals surface area (Å²) >= 11 is 0. The Kier molecular flexibility index (Phi) is 3.17. The minimum Gasteiger partial charge on any atom is -0.323 e. The van der Waals surface area contributed by atoms with Gasteiger partial charge in [-0.15, -0.1) is 0 Å². The van der Waals surface area contributed by atoms with Gasteiger partial charge in [0.05, 0.1) is 11.1 Å². The van der Waals surface area contributed by atoms with Gasteiger partial charge in [0.1, 0.15) is 17.2 Å². The zero-order valence-electron chi connectivity index (χ0n) is 10.5. The first-order valence-electron chi connectivity index (χ1n) is 5.72. The van der Waals surface area contributed by atoms with Crippen molar-refractivity contribution in [3.05, 3.63) is 35.0 Å². The molecule has 3 nitrogen and oxygen atoms in total. The largest absolute Gasteiger partial charge is 0.323 e. The summed E-state index contributed by atoms with van der Waals surface area (Å²) in [7, 11) is 0. The lowest BCUT2D eigenvalue weighted by atomic mass is 9.96. The molecule has 0 aliphatic carbocycles. The number of rotatable bonds is 2. The monoisotopic (exact) mass is 251 g/mol. The Bertz CT molecular complexity index is 609. The minimum atomic E-state index is -0.554. The number of nitrogens with one attached hydrogen (secondary N) is 1. The molecule has 0 atom stereocenters. The average Bonchev–Trinajstić information content (AvgIpc) is 2.32. The smallest absolute Gasteiger partial charge is 0.149 e. The predicted octanol–water partition coefficient (Wildman–Crippen LogP) is 3.23. The number of nitrogens with two attached hydrogens (primary N) is 1. The molecular weight excluding hydrogens is 236 g/mol. The topological polar surface area (TPSA) is 50.9 Å². The zero-order valence-corrected chi connectivity index (χ0v) is 10.5. The van der Waals surface area contributed by atoms with Crippen molar-refractivity contribution in [1.29, 1.82) is 0 Å². The van der Waals surface area contributed by atoms with Crippen LogP contribution in [0, 0.1) is 18.6 Å². The van der Waals surface area contributed by atoms with Crippen LogP contribution in [-0.4, -0.2) is 4.98 Å². The first-order valence-corrected chi connectivity index (χ1v) is 5.72. The number of hydrogen-bond acceptors (Lipinski definition) is 3. The second-order valence-corrected chi connectivity index (χ2v) is 4.54. The first-order chi connectivity index (χ1) is 8.47. The molecule has 1 heterocycles. The Hall–Kier alpha value is -1.75. The van der Waals surface area contributed by atoms with Gasteiger partial charge in [-0.05, 0) is 25.0 Å². The molecule has 2 rings (SSSR count). The third kappa shape index (κ3) is 1.80. The lowest BCUT2D eigenvalue weighted by molar-refractivity contribution is 0.614. The number of fused-ring (bicyclic) bond motifs is 1. The number of nitrogen functional groups attached to an aromatic ring is 1. The van der Waals surface area contributed by atoms with Crippen LogP contribution in [0.25, 0.3) is 10.9 Å². The Labute approximate surface area is 104 Å². The van der Waals surface area contributed by atoms with Gasteiger partial charge in [-0.25, -0.2) is 13.8 Å². The van der Waals surface area contributed by atoms with Crippen molar-refractivity contribution in [1.82, 2.24) is 4.98 Å². The maximum Gasteiger partial charge on any atom is 0.149 e. The molecule has 5 heteroatoms. The molecule has 1 aromatic carbocycles. The quantitative estimate of drug-likeness (QED) is 0.636. The van der Waals surface area contributed by atoms with Gasteiger partial charge in [0.25, 0.3) is 0 Å². The lowest BCUT2D eigenvalue weighted by Crippen LogP contribution is -2.13. The van der Waals surface area contributed by atoms with E-state index in [0.29, 0.717) is 11.4 Å². The van der Waals surface area contributed by atoms with Crippen LogP contribution in [-0.2, 0) is 0 Å². The van der Waals surface area contributed by atoms with Gasteiger partial charge in [-0.2, -0.15) is 0 Å². The molecule has 0 unspecified atom stereocenters. The molecule has 0 saturated carbocycles. The van der Waals surface area contributed by atoms with Gasteiger partial charge in [0.15, 0.2) is 0 Å². The summed E-state index contributed by atoms with van der Waals surface area (Å²) in [4.78, 5) is 4.16. The third-order valence-corrected chi connectivity index (χ3v) is 2.99. The maximum atomic E-state index is 13.9. The molecule has 0 fully saturated rings. The molecule has 0 spiro atoms. The molecule has 0 aliphatic rings. The van der Waals surface area contributed by atoms with E-state index in [2.05, 4.69) is 10.4 Å². The number of aryl methyl sites for hydroxylation is 1. The van der Waals surface area contributed by atoms with E-state index in [9.17, 15) is 8.78 Å². The van der Waals surface area contributed by atoms with E-state index < -0.39 is 11.6 Å². The number of anilines is 1. The highest BCUT2D eigenvalue weighted by Gasteiger charge is 2.19. The summed E-state index contributed by atoms with van der Waals surface area (Å²) in [6.07, 6.45) is 0. The van der Waals surface area contributed by atoms with Crippen LogP contribution in [0.1, 0.15) is 31.0 Å². The van der Waals surface area contributed by atoms with Crippen LogP contribution in [0.15, 0.2) is 12.1 Å². The molecule has 0 bridgehead atoms. The Morgan fingerprint density at radius 2 is 1.83 bits per heavy atom. The number of hydrazine groups is 1. The molecule has 0 amide bonds. The van der Waals surface area contributed by atoms with E-state index in [1.54, 1.807) is 6.92 Å². The Balaban J connectivity index is 2.99. The summed E-state index contributed by atoms with van der Waals surface area (Å²) in [5, 5.41) is 0.104. The number of pyridine rings is 1. The van der Waals surface area contributed by atoms with E-state index in [-0.39, 0.29) is 16.8 Å². The molecule has 0 saturated heterocycles. The fourth-order valence-electron chi connectivity index (χ4n) is 2.29. The standard InChI is InChI=1S/C13H15F2N3/c1-6(2)10-7(3)17-12-9(15)5-4-8(14)11(12)13(10)18-16/h4-6H,16H2,1-3H3,(H,17,18). The van der Waals surface area contributed by atoms with Gasteiger partial charge in [0, 0.05) is 11.3 Å². The fourth-order valence-corrected chi connectivity index (χ4v) is 2.29. The molecule has 3 N–H and O–H groups in total. The van der Waals surface area contributed by atoms with Gasteiger partial charge in [-0.3, -0.25) is 5.84 Å². The molecule has 1 aromatic heterocycles. The number of hydrogen-bond donors (Lipinski definition) is 2. The molecule has 0 radical (unpaired) electrons. The van der Waals surface area contributed by atoms with E-state index in [1.807, 2.05) is 13.8 Å². The Morgan fingerprint density at radius 3 is 2.39 bits per heavy atom. The van der Waals surface area contributed by atoms with Crippen LogP contribution in [0.4, 0.5) is 14.5 Å². The first kappa shape index (κ1) is 12.7. The van der Waals surface area contributed by atoms with Crippen LogP contribution in [0.3, 0.4) is 0 Å². The van der Waals surface area contributed by atoms with Crippen molar-refractivity contribution >= 4 is 16.6 Å². The molecular formula is C13H15F2N3. The van der Waals surface area contributed by atoms with E-state index in [0.717, 1.165) is 17.7 Å². The minimum absolute atomic E-state index is 0.00449. The highest BCUT2D eigenvalue weighted by atomic mass is 19.1. The highest BCUT2D eigenvalue weighted by Crippen LogP contribution is 2.35. The van der Waals surface area contributed by atoms with Crippen molar-refractivity contribution in [2.24, 2.45) is 5.84 Å². The van der Waals surface area contributed by atoms with E-state index in [1.165, 1.54) is 0 Å². The summed E-state index contributed by atoms with van der Waals surface area (Å²) in [5.74, 6) is 4.49. The van der Waals surface area contributed by atoms with Crippen molar-refractivity contribution in [3.63, 3.8) is 0 Å².